The van der Waals surface area contributed by atoms with Crippen molar-refractivity contribution in [3.05, 3.63) is 12.4 Å². The summed E-state index contributed by atoms with van der Waals surface area (Å²) in [5, 5.41) is 6.18. The van der Waals surface area contributed by atoms with Crippen LogP contribution in [0.1, 0.15) is 32.1 Å². The molecule has 0 radical (unpaired) electrons. The summed E-state index contributed by atoms with van der Waals surface area (Å²) in [4.78, 5) is 22.4. The molecule has 2 fully saturated rings. The SMILES string of the molecule is O=C(CC1CC1)NCCNc1cc(N2CCCC2)ncn1. The lowest BCUT2D eigenvalue weighted by molar-refractivity contribution is -0.121. The van der Waals surface area contributed by atoms with E-state index in [1.165, 1.54) is 25.7 Å². The van der Waals surface area contributed by atoms with Gasteiger partial charge in [-0.1, -0.05) is 0 Å². The van der Waals surface area contributed by atoms with Gasteiger partial charge in [-0.3, -0.25) is 4.79 Å². The summed E-state index contributed by atoms with van der Waals surface area (Å²) in [6, 6.07) is 1.98. The van der Waals surface area contributed by atoms with Crippen LogP contribution in [0.2, 0.25) is 0 Å². The first kappa shape index (κ1) is 14.1. The molecule has 1 aromatic heterocycles. The van der Waals surface area contributed by atoms with Crippen molar-refractivity contribution in [3.8, 4) is 0 Å². The molecule has 2 heterocycles. The third-order valence-electron chi connectivity index (χ3n) is 4.01. The van der Waals surface area contributed by atoms with E-state index in [1.807, 2.05) is 6.07 Å². The topological polar surface area (TPSA) is 70.2 Å². The first-order valence-electron chi connectivity index (χ1n) is 7.89. The molecule has 1 aliphatic heterocycles. The third-order valence-corrected chi connectivity index (χ3v) is 4.01. The predicted octanol–water partition coefficient (Wildman–Crippen LogP) is 1.40. The summed E-state index contributed by atoms with van der Waals surface area (Å²) >= 11 is 0. The van der Waals surface area contributed by atoms with E-state index in [-0.39, 0.29) is 5.91 Å². The standard InChI is InChI=1S/C15H23N5O/c21-15(9-12-3-4-12)17-6-5-16-13-10-14(19-11-18-13)20-7-1-2-8-20/h10-12H,1-9H2,(H,17,21)(H,16,18,19). The minimum absolute atomic E-state index is 0.166. The lowest BCUT2D eigenvalue weighted by Crippen LogP contribution is -2.29. The van der Waals surface area contributed by atoms with Crippen LogP contribution in [0.4, 0.5) is 11.6 Å². The van der Waals surface area contributed by atoms with Crippen molar-refractivity contribution in [1.82, 2.24) is 15.3 Å². The molecule has 0 unspecified atom stereocenters. The molecular weight excluding hydrogens is 266 g/mol. The number of hydrogen-bond acceptors (Lipinski definition) is 5. The Balaban J connectivity index is 1.40. The molecular formula is C15H23N5O. The van der Waals surface area contributed by atoms with Crippen molar-refractivity contribution < 1.29 is 4.79 Å². The fourth-order valence-electron chi connectivity index (χ4n) is 2.61. The number of carbonyl (C=O) groups excluding carboxylic acids is 1. The number of amides is 1. The first-order valence-corrected chi connectivity index (χ1v) is 7.89. The summed E-state index contributed by atoms with van der Waals surface area (Å²) in [7, 11) is 0. The number of nitrogens with zero attached hydrogens (tertiary/aromatic N) is 3. The van der Waals surface area contributed by atoms with Crippen molar-refractivity contribution in [2.75, 3.05) is 36.4 Å². The first-order chi connectivity index (χ1) is 10.3. The van der Waals surface area contributed by atoms with Crippen LogP contribution in [0.3, 0.4) is 0 Å². The maximum atomic E-state index is 11.6. The highest BCUT2D eigenvalue weighted by Crippen LogP contribution is 2.31. The van der Waals surface area contributed by atoms with Gasteiger partial charge in [0.15, 0.2) is 0 Å². The molecule has 1 saturated carbocycles. The van der Waals surface area contributed by atoms with E-state index in [2.05, 4.69) is 25.5 Å². The van der Waals surface area contributed by atoms with Crippen molar-refractivity contribution >= 4 is 17.5 Å². The highest BCUT2D eigenvalue weighted by Gasteiger charge is 2.23. The predicted molar refractivity (Wildman–Crippen MR) is 82.3 cm³/mol. The second kappa shape index (κ2) is 6.74. The minimum atomic E-state index is 0.166. The fraction of sp³-hybridized carbons (Fsp3) is 0.667. The van der Waals surface area contributed by atoms with Crippen LogP contribution in [-0.4, -0.2) is 42.1 Å². The fourth-order valence-corrected chi connectivity index (χ4v) is 2.61. The maximum absolute atomic E-state index is 11.6. The zero-order valence-electron chi connectivity index (χ0n) is 12.3. The van der Waals surface area contributed by atoms with Gasteiger partial charge in [0.25, 0.3) is 0 Å². The van der Waals surface area contributed by atoms with Crippen molar-refractivity contribution in [2.24, 2.45) is 5.92 Å². The van der Waals surface area contributed by atoms with E-state index in [1.54, 1.807) is 6.33 Å². The molecule has 1 aliphatic carbocycles. The summed E-state index contributed by atoms with van der Waals surface area (Å²) in [6.07, 6.45) is 7.19. The van der Waals surface area contributed by atoms with Gasteiger partial charge in [-0.05, 0) is 31.6 Å². The van der Waals surface area contributed by atoms with Crippen molar-refractivity contribution in [3.63, 3.8) is 0 Å². The van der Waals surface area contributed by atoms with Gasteiger partial charge < -0.3 is 15.5 Å². The molecule has 3 rings (SSSR count). The number of aromatic nitrogens is 2. The van der Waals surface area contributed by atoms with Gasteiger partial charge in [-0.15, -0.1) is 0 Å². The molecule has 2 N–H and O–H groups in total. The van der Waals surface area contributed by atoms with E-state index in [0.29, 0.717) is 25.4 Å². The lowest BCUT2D eigenvalue weighted by atomic mass is 10.3. The van der Waals surface area contributed by atoms with E-state index < -0.39 is 0 Å². The van der Waals surface area contributed by atoms with Crippen LogP contribution in [0.15, 0.2) is 12.4 Å². The molecule has 0 aromatic carbocycles. The number of carbonyl (C=O) groups is 1. The third kappa shape index (κ3) is 4.31. The minimum Gasteiger partial charge on any atom is -0.368 e. The number of rotatable bonds is 7. The van der Waals surface area contributed by atoms with Gasteiger partial charge in [-0.2, -0.15) is 0 Å². The van der Waals surface area contributed by atoms with Crippen LogP contribution in [0.5, 0.6) is 0 Å². The molecule has 2 aliphatic rings. The average molecular weight is 289 g/mol. The van der Waals surface area contributed by atoms with Gasteiger partial charge in [-0.25, -0.2) is 9.97 Å². The number of anilines is 2. The van der Waals surface area contributed by atoms with Crippen molar-refractivity contribution in [1.29, 1.82) is 0 Å². The molecule has 0 spiro atoms. The number of hydrogen-bond donors (Lipinski definition) is 2. The molecule has 21 heavy (non-hydrogen) atoms. The smallest absolute Gasteiger partial charge is 0.220 e. The summed E-state index contributed by atoms with van der Waals surface area (Å²) < 4.78 is 0. The Bertz CT molecular complexity index is 483. The van der Waals surface area contributed by atoms with E-state index in [4.69, 9.17) is 0 Å². The summed E-state index contributed by atoms with van der Waals surface area (Å²) in [6.45, 7) is 3.48. The van der Waals surface area contributed by atoms with Crippen LogP contribution >= 0.6 is 0 Å². The van der Waals surface area contributed by atoms with Crippen molar-refractivity contribution in [2.45, 2.75) is 32.1 Å². The Labute approximate surface area is 125 Å². The van der Waals surface area contributed by atoms with Gasteiger partial charge in [0.2, 0.25) is 5.91 Å². The van der Waals surface area contributed by atoms with Crippen LogP contribution in [-0.2, 0) is 4.79 Å². The average Bonchev–Trinajstić information content (AvgIpc) is 3.14. The molecule has 1 aromatic rings. The highest BCUT2D eigenvalue weighted by molar-refractivity contribution is 5.76. The quantitative estimate of drug-likeness (QED) is 0.743. The monoisotopic (exact) mass is 289 g/mol. The Morgan fingerprint density at radius 2 is 2.05 bits per heavy atom. The lowest BCUT2D eigenvalue weighted by Gasteiger charge is -2.16. The van der Waals surface area contributed by atoms with Gasteiger partial charge >= 0.3 is 0 Å². The summed E-state index contributed by atoms with van der Waals surface area (Å²) in [5.41, 5.74) is 0. The van der Waals surface area contributed by atoms with Crippen LogP contribution in [0, 0.1) is 5.92 Å². The van der Waals surface area contributed by atoms with Gasteiger partial charge in [0, 0.05) is 38.7 Å². The Morgan fingerprint density at radius 3 is 2.81 bits per heavy atom. The van der Waals surface area contributed by atoms with E-state index in [0.717, 1.165) is 24.7 Å². The van der Waals surface area contributed by atoms with E-state index in [9.17, 15) is 4.79 Å². The molecule has 1 saturated heterocycles. The largest absolute Gasteiger partial charge is 0.368 e. The van der Waals surface area contributed by atoms with E-state index >= 15 is 0 Å². The molecule has 114 valence electrons. The highest BCUT2D eigenvalue weighted by atomic mass is 16.1. The zero-order chi connectivity index (χ0) is 14.5. The Morgan fingerprint density at radius 1 is 1.24 bits per heavy atom. The summed E-state index contributed by atoms with van der Waals surface area (Å²) in [5.74, 6) is 2.62. The zero-order valence-corrected chi connectivity index (χ0v) is 12.3. The number of nitrogens with one attached hydrogen (secondary N) is 2. The van der Waals surface area contributed by atoms with Gasteiger partial charge in [0.05, 0.1) is 0 Å². The second-order valence-electron chi connectivity index (χ2n) is 5.88. The van der Waals surface area contributed by atoms with Gasteiger partial charge in [0.1, 0.15) is 18.0 Å². The normalized spacial score (nSPS) is 17.8. The Hall–Kier alpha value is -1.85. The molecule has 0 bridgehead atoms. The molecule has 6 nitrogen and oxygen atoms in total. The molecule has 1 amide bonds. The van der Waals surface area contributed by atoms with Crippen LogP contribution in [0.25, 0.3) is 0 Å². The maximum Gasteiger partial charge on any atom is 0.220 e. The Kier molecular flexibility index (Phi) is 4.52. The molecule has 0 atom stereocenters. The molecule has 6 heteroatoms. The second-order valence-corrected chi connectivity index (χ2v) is 5.88. The van der Waals surface area contributed by atoms with Crippen LogP contribution < -0.4 is 15.5 Å².